The topological polar surface area (TPSA) is 50.4 Å². The van der Waals surface area contributed by atoms with Crippen molar-refractivity contribution in [2.75, 3.05) is 17.7 Å². The number of anilines is 3. The summed E-state index contributed by atoms with van der Waals surface area (Å²) in [6, 6.07) is 22.8. The number of rotatable bonds is 5. The molecule has 126 valence electrons. The van der Waals surface area contributed by atoms with Crippen molar-refractivity contribution in [3.05, 3.63) is 83.9 Å². The van der Waals surface area contributed by atoms with E-state index in [0.717, 1.165) is 17.1 Å². The molecule has 3 rings (SSSR count). The second kappa shape index (κ2) is 7.53. The number of benzene rings is 3. The van der Waals surface area contributed by atoms with Crippen molar-refractivity contribution in [2.45, 2.75) is 6.92 Å². The Kier molecular flexibility index (Phi) is 5.00. The first kappa shape index (κ1) is 16.6. The summed E-state index contributed by atoms with van der Waals surface area (Å²) in [6.07, 6.45) is 0. The highest BCUT2D eigenvalue weighted by atomic mass is 16.5. The van der Waals surface area contributed by atoms with Crippen molar-refractivity contribution in [3.8, 4) is 5.75 Å². The zero-order chi connectivity index (χ0) is 17.6. The Morgan fingerprint density at radius 2 is 1.60 bits per heavy atom. The van der Waals surface area contributed by atoms with E-state index in [0.29, 0.717) is 11.3 Å². The number of nitrogens with one attached hydrogen (secondary N) is 2. The van der Waals surface area contributed by atoms with E-state index in [1.54, 1.807) is 25.3 Å². The molecule has 4 heteroatoms. The third-order valence-electron chi connectivity index (χ3n) is 3.90. The van der Waals surface area contributed by atoms with E-state index in [-0.39, 0.29) is 5.91 Å². The molecule has 0 heterocycles. The van der Waals surface area contributed by atoms with Crippen LogP contribution in [0.2, 0.25) is 0 Å². The molecule has 0 spiro atoms. The van der Waals surface area contributed by atoms with Crippen LogP contribution < -0.4 is 15.4 Å². The quantitative estimate of drug-likeness (QED) is 0.691. The summed E-state index contributed by atoms with van der Waals surface area (Å²) in [7, 11) is 1.58. The van der Waals surface area contributed by atoms with Gasteiger partial charge in [0.2, 0.25) is 0 Å². The molecule has 0 bridgehead atoms. The van der Waals surface area contributed by atoms with Gasteiger partial charge >= 0.3 is 0 Å². The first-order valence-corrected chi connectivity index (χ1v) is 8.04. The van der Waals surface area contributed by atoms with Gasteiger partial charge in [-0.25, -0.2) is 0 Å². The van der Waals surface area contributed by atoms with Crippen LogP contribution in [0.5, 0.6) is 5.75 Å². The van der Waals surface area contributed by atoms with Gasteiger partial charge in [0.1, 0.15) is 5.75 Å². The summed E-state index contributed by atoms with van der Waals surface area (Å²) < 4.78 is 5.15. The van der Waals surface area contributed by atoms with Crippen LogP contribution in [0.4, 0.5) is 17.1 Å². The van der Waals surface area contributed by atoms with Gasteiger partial charge in [-0.05, 0) is 61.0 Å². The smallest absolute Gasteiger partial charge is 0.255 e. The van der Waals surface area contributed by atoms with Crippen LogP contribution in [0.25, 0.3) is 0 Å². The van der Waals surface area contributed by atoms with E-state index >= 15 is 0 Å². The van der Waals surface area contributed by atoms with Gasteiger partial charge in [0, 0.05) is 22.6 Å². The van der Waals surface area contributed by atoms with Gasteiger partial charge in [0.15, 0.2) is 0 Å². The van der Waals surface area contributed by atoms with Crippen molar-refractivity contribution in [1.82, 2.24) is 0 Å². The molecule has 0 aliphatic rings. The number of carbonyl (C=O) groups is 1. The monoisotopic (exact) mass is 332 g/mol. The fourth-order valence-corrected chi connectivity index (χ4v) is 2.47. The summed E-state index contributed by atoms with van der Waals surface area (Å²) >= 11 is 0. The minimum atomic E-state index is -0.168. The highest BCUT2D eigenvalue weighted by molar-refractivity contribution is 6.04. The van der Waals surface area contributed by atoms with Gasteiger partial charge in [-0.1, -0.05) is 24.3 Å². The molecule has 0 atom stereocenters. The summed E-state index contributed by atoms with van der Waals surface area (Å²) in [5.41, 5.74) is 4.51. The third kappa shape index (κ3) is 4.18. The van der Waals surface area contributed by atoms with E-state index in [9.17, 15) is 4.79 Å². The third-order valence-corrected chi connectivity index (χ3v) is 3.90. The Labute approximate surface area is 147 Å². The van der Waals surface area contributed by atoms with Gasteiger partial charge in [0.25, 0.3) is 5.91 Å². The zero-order valence-electron chi connectivity index (χ0n) is 14.2. The molecule has 0 aromatic heterocycles. The van der Waals surface area contributed by atoms with Crippen molar-refractivity contribution in [3.63, 3.8) is 0 Å². The molecule has 0 aliphatic heterocycles. The Morgan fingerprint density at radius 3 is 2.32 bits per heavy atom. The minimum absolute atomic E-state index is 0.168. The zero-order valence-corrected chi connectivity index (χ0v) is 14.2. The SMILES string of the molecule is COc1cccc(C(=O)Nc2ccc(Nc3ccccc3C)cc2)c1. The Hall–Kier alpha value is -3.27. The number of amides is 1. The number of aryl methyl sites for hydroxylation is 1. The number of ether oxygens (including phenoxy) is 1. The van der Waals surface area contributed by atoms with E-state index in [2.05, 4.69) is 23.6 Å². The molecule has 4 nitrogen and oxygen atoms in total. The van der Waals surface area contributed by atoms with Crippen LogP contribution in [0, 0.1) is 6.92 Å². The maximum absolute atomic E-state index is 12.3. The van der Waals surface area contributed by atoms with Gasteiger partial charge in [-0.15, -0.1) is 0 Å². The summed E-state index contributed by atoms with van der Waals surface area (Å²) in [5, 5.41) is 6.26. The molecule has 0 radical (unpaired) electrons. The first-order valence-electron chi connectivity index (χ1n) is 8.04. The minimum Gasteiger partial charge on any atom is -0.497 e. The molecule has 0 fully saturated rings. The molecule has 0 saturated heterocycles. The fourth-order valence-electron chi connectivity index (χ4n) is 2.47. The van der Waals surface area contributed by atoms with Crippen LogP contribution in [0.3, 0.4) is 0 Å². The Balaban J connectivity index is 1.68. The second-order valence-corrected chi connectivity index (χ2v) is 5.70. The average Bonchev–Trinajstić information content (AvgIpc) is 2.65. The van der Waals surface area contributed by atoms with Crippen molar-refractivity contribution >= 4 is 23.0 Å². The standard InChI is InChI=1S/C21H20N2O2/c1-15-6-3-4-9-20(15)22-17-10-12-18(13-11-17)23-21(24)16-7-5-8-19(14-16)25-2/h3-14,22H,1-2H3,(H,23,24). The normalized spacial score (nSPS) is 10.2. The molecule has 3 aromatic rings. The highest BCUT2D eigenvalue weighted by Crippen LogP contribution is 2.22. The Morgan fingerprint density at radius 1 is 0.880 bits per heavy atom. The van der Waals surface area contributed by atoms with E-state index < -0.39 is 0 Å². The van der Waals surface area contributed by atoms with E-state index in [1.165, 1.54) is 5.56 Å². The van der Waals surface area contributed by atoms with Crippen LogP contribution in [-0.2, 0) is 0 Å². The van der Waals surface area contributed by atoms with Crippen molar-refractivity contribution in [1.29, 1.82) is 0 Å². The average molecular weight is 332 g/mol. The number of hydrogen-bond acceptors (Lipinski definition) is 3. The molecule has 1 amide bonds. The van der Waals surface area contributed by atoms with Gasteiger partial charge < -0.3 is 15.4 Å². The summed E-state index contributed by atoms with van der Waals surface area (Å²) in [4.78, 5) is 12.3. The predicted molar refractivity (Wildman–Crippen MR) is 102 cm³/mol. The maximum Gasteiger partial charge on any atom is 0.255 e. The second-order valence-electron chi connectivity index (χ2n) is 5.70. The van der Waals surface area contributed by atoms with Crippen molar-refractivity contribution < 1.29 is 9.53 Å². The lowest BCUT2D eigenvalue weighted by Gasteiger charge is -2.11. The fraction of sp³-hybridized carbons (Fsp3) is 0.0952. The number of para-hydroxylation sites is 1. The van der Waals surface area contributed by atoms with Gasteiger partial charge in [-0.2, -0.15) is 0 Å². The molecular weight excluding hydrogens is 312 g/mol. The molecule has 0 aliphatic carbocycles. The van der Waals surface area contributed by atoms with Crippen LogP contribution in [0.15, 0.2) is 72.8 Å². The molecule has 0 saturated carbocycles. The molecule has 25 heavy (non-hydrogen) atoms. The van der Waals surface area contributed by atoms with Crippen LogP contribution in [-0.4, -0.2) is 13.0 Å². The lowest BCUT2D eigenvalue weighted by Crippen LogP contribution is -2.11. The maximum atomic E-state index is 12.3. The summed E-state index contributed by atoms with van der Waals surface area (Å²) in [5.74, 6) is 0.490. The number of methoxy groups -OCH3 is 1. The van der Waals surface area contributed by atoms with Crippen LogP contribution in [0.1, 0.15) is 15.9 Å². The van der Waals surface area contributed by atoms with E-state index in [1.807, 2.05) is 48.5 Å². The van der Waals surface area contributed by atoms with Crippen LogP contribution >= 0.6 is 0 Å². The van der Waals surface area contributed by atoms with Gasteiger partial charge in [-0.3, -0.25) is 4.79 Å². The Bertz CT molecular complexity index is 873. The lowest BCUT2D eigenvalue weighted by molar-refractivity contribution is 0.102. The molecule has 0 unspecified atom stereocenters. The lowest BCUT2D eigenvalue weighted by atomic mass is 10.2. The number of hydrogen-bond donors (Lipinski definition) is 2. The van der Waals surface area contributed by atoms with E-state index in [4.69, 9.17) is 4.74 Å². The highest BCUT2D eigenvalue weighted by Gasteiger charge is 2.07. The van der Waals surface area contributed by atoms with Crippen molar-refractivity contribution in [2.24, 2.45) is 0 Å². The predicted octanol–water partition coefficient (Wildman–Crippen LogP) is 5.00. The molecule has 2 N–H and O–H groups in total. The first-order chi connectivity index (χ1) is 12.2. The van der Waals surface area contributed by atoms with Gasteiger partial charge in [0.05, 0.1) is 7.11 Å². The summed E-state index contributed by atoms with van der Waals surface area (Å²) in [6.45, 7) is 2.06. The number of carbonyl (C=O) groups excluding carboxylic acids is 1. The molecular formula is C21H20N2O2. The largest absolute Gasteiger partial charge is 0.497 e. The molecule has 3 aromatic carbocycles.